The second-order valence-corrected chi connectivity index (χ2v) is 9.25. The summed E-state index contributed by atoms with van der Waals surface area (Å²) >= 11 is 0. The molecule has 2 fully saturated rings. The Morgan fingerprint density at radius 3 is 2.22 bits per heavy atom. The van der Waals surface area contributed by atoms with E-state index >= 15 is 0 Å². The average Bonchev–Trinajstić information content (AvgIpc) is 1.90. The van der Waals surface area contributed by atoms with Crippen molar-refractivity contribution in [3.05, 3.63) is 0 Å². The maximum atomic E-state index is 11.7. The molecule has 1 aliphatic carbocycles. The van der Waals surface area contributed by atoms with Crippen molar-refractivity contribution in [1.29, 1.82) is 0 Å². The normalized spacial score (nSPS) is 23.4. The van der Waals surface area contributed by atoms with Crippen LogP contribution in [0.15, 0.2) is 0 Å². The van der Waals surface area contributed by atoms with Gasteiger partial charge >= 0.3 is 6.09 Å². The molecule has 1 aliphatic heterocycles. The quantitative estimate of drug-likeness (QED) is 0.694. The molecule has 18 heavy (non-hydrogen) atoms. The number of hydrogen-bond acceptors (Lipinski definition) is 4. The molecule has 7 heteroatoms. The van der Waals surface area contributed by atoms with Gasteiger partial charge in [-0.2, -0.15) is 0 Å². The number of halogens is 1. The standard InChI is InChI=1S/C11H18ClNO4S/c1-10(2,3)17-9(14)13-6-11(7-13)4-8(5-11)18(12,15)16/h8H,4-7H2,1-3H3. The van der Waals surface area contributed by atoms with E-state index in [0.29, 0.717) is 25.9 Å². The van der Waals surface area contributed by atoms with Gasteiger partial charge in [-0.25, -0.2) is 13.2 Å². The molecule has 0 bridgehead atoms. The fourth-order valence-corrected chi connectivity index (χ4v) is 4.07. The number of hydrogen-bond donors (Lipinski definition) is 0. The van der Waals surface area contributed by atoms with Gasteiger partial charge in [0.2, 0.25) is 9.05 Å². The van der Waals surface area contributed by atoms with Gasteiger partial charge in [-0.1, -0.05) is 0 Å². The van der Waals surface area contributed by atoms with Crippen molar-refractivity contribution >= 4 is 25.8 Å². The van der Waals surface area contributed by atoms with E-state index in [-0.39, 0.29) is 11.5 Å². The second kappa shape index (κ2) is 4.00. The van der Waals surface area contributed by atoms with Gasteiger partial charge in [-0.05, 0) is 33.6 Å². The molecule has 0 aromatic heterocycles. The van der Waals surface area contributed by atoms with Gasteiger partial charge in [0.1, 0.15) is 5.60 Å². The van der Waals surface area contributed by atoms with Crippen LogP contribution in [0.4, 0.5) is 4.79 Å². The molecular weight excluding hydrogens is 278 g/mol. The number of nitrogens with zero attached hydrogens (tertiary/aromatic N) is 1. The van der Waals surface area contributed by atoms with E-state index in [4.69, 9.17) is 15.4 Å². The Morgan fingerprint density at radius 2 is 1.83 bits per heavy atom. The molecule has 0 N–H and O–H groups in total. The van der Waals surface area contributed by atoms with Crippen molar-refractivity contribution in [2.45, 2.75) is 44.5 Å². The van der Waals surface area contributed by atoms with E-state index in [1.807, 2.05) is 20.8 Å². The van der Waals surface area contributed by atoms with Gasteiger partial charge in [-0.15, -0.1) is 0 Å². The molecule has 2 rings (SSSR count). The Kier molecular flexibility index (Phi) is 3.10. The predicted molar refractivity (Wildman–Crippen MR) is 68.0 cm³/mol. The van der Waals surface area contributed by atoms with Crippen LogP contribution in [-0.4, -0.2) is 43.4 Å². The van der Waals surface area contributed by atoms with Crippen LogP contribution in [0.3, 0.4) is 0 Å². The van der Waals surface area contributed by atoms with Crippen molar-refractivity contribution < 1.29 is 17.9 Å². The molecule has 1 amide bonds. The number of ether oxygens (including phenoxy) is 1. The summed E-state index contributed by atoms with van der Waals surface area (Å²) in [6, 6.07) is 0. The smallest absolute Gasteiger partial charge is 0.410 e. The first kappa shape index (κ1) is 13.9. The van der Waals surface area contributed by atoms with Crippen molar-refractivity contribution in [3.8, 4) is 0 Å². The highest BCUT2D eigenvalue weighted by atomic mass is 35.7. The zero-order valence-corrected chi connectivity index (χ0v) is 12.3. The van der Waals surface area contributed by atoms with E-state index in [1.54, 1.807) is 4.90 Å². The molecule has 0 unspecified atom stereocenters. The van der Waals surface area contributed by atoms with Crippen molar-refractivity contribution in [2.75, 3.05) is 13.1 Å². The third kappa shape index (κ3) is 2.74. The van der Waals surface area contributed by atoms with Crippen LogP contribution in [0, 0.1) is 5.41 Å². The summed E-state index contributed by atoms with van der Waals surface area (Å²) in [6.45, 7) is 6.61. The van der Waals surface area contributed by atoms with Crippen LogP contribution < -0.4 is 0 Å². The molecule has 0 radical (unpaired) electrons. The van der Waals surface area contributed by atoms with Crippen LogP contribution in [-0.2, 0) is 13.8 Å². The largest absolute Gasteiger partial charge is 0.444 e. The van der Waals surface area contributed by atoms with Crippen LogP contribution in [0.25, 0.3) is 0 Å². The molecule has 1 saturated heterocycles. The Bertz CT molecular complexity index is 454. The van der Waals surface area contributed by atoms with Gasteiger partial charge in [0.05, 0.1) is 5.25 Å². The number of rotatable bonds is 1. The monoisotopic (exact) mass is 295 g/mol. The molecule has 2 aliphatic rings. The maximum Gasteiger partial charge on any atom is 0.410 e. The minimum atomic E-state index is -3.44. The first-order valence-electron chi connectivity index (χ1n) is 5.92. The van der Waals surface area contributed by atoms with Crippen molar-refractivity contribution in [2.24, 2.45) is 5.41 Å². The average molecular weight is 296 g/mol. The molecule has 1 heterocycles. The van der Waals surface area contributed by atoms with E-state index < -0.39 is 19.9 Å². The van der Waals surface area contributed by atoms with Gasteiger partial charge < -0.3 is 9.64 Å². The molecule has 0 atom stereocenters. The topological polar surface area (TPSA) is 63.7 Å². The lowest BCUT2D eigenvalue weighted by atomic mass is 9.63. The second-order valence-electron chi connectivity index (χ2n) is 6.34. The van der Waals surface area contributed by atoms with E-state index in [2.05, 4.69) is 0 Å². The van der Waals surface area contributed by atoms with Gasteiger partial charge in [0.25, 0.3) is 0 Å². The number of carbonyl (C=O) groups is 1. The Labute approximate surface area is 112 Å². The molecule has 0 aromatic carbocycles. The van der Waals surface area contributed by atoms with E-state index in [9.17, 15) is 13.2 Å². The minimum absolute atomic E-state index is 0.0382. The summed E-state index contributed by atoms with van der Waals surface area (Å²) in [5.74, 6) is 0. The third-order valence-electron chi connectivity index (χ3n) is 3.42. The highest BCUT2D eigenvalue weighted by Gasteiger charge is 2.57. The third-order valence-corrected chi connectivity index (χ3v) is 5.31. The van der Waals surface area contributed by atoms with Crippen molar-refractivity contribution in [1.82, 2.24) is 4.90 Å². The molecule has 104 valence electrons. The summed E-state index contributed by atoms with van der Waals surface area (Å²) in [6.07, 6.45) is 0.779. The SMILES string of the molecule is CC(C)(C)OC(=O)N1CC2(CC(S(=O)(=O)Cl)C2)C1. The zero-order valence-electron chi connectivity index (χ0n) is 10.8. The maximum absolute atomic E-state index is 11.7. The first-order valence-corrected chi connectivity index (χ1v) is 8.29. The molecule has 1 spiro atoms. The first-order chi connectivity index (χ1) is 8.01. The van der Waals surface area contributed by atoms with Gasteiger partial charge in [0, 0.05) is 29.2 Å². The fourth-order valence-electron chi connectivity index (χ4n) is 2.58. The number of carbonyl (C=O) groups excluding carboxylic acids is 1. The number of likely N-dealkylation sites (tertiary alicyclic amines) is 1. The van der Waals surface area contributed by atoms with E-state index in [0.717, 1.165) is 0 Å². The lowest BCUT2D eigenvalue weighted by Crippen LogP contribution is -2.66. The van der Waals surface area contributed by atoms with Gasteiger partial charge in [-0.3, -0.25) is 0 Å². The van der Waals surface area contributed by atoms with Crippen molar-refractivity contribution in [3.63, 3.8) is 0 Å². The summed E-state index contributed by atoms with van der Waals surface area (Å²) in [4.78, 5) is 13.3. The lowest BCUT2D eigenvalue weighted by molar-refractivity contribution is -0.0668. The highest BCUT2D eigenvalue weighted by Crippen LogP contribution is 2.51. The van der Waals surface area contributed by atoms with Crippen LogP contribution >= 0.6 is 10.7 Å². The molecule has 1 saturated carbocycles. The minimum Gasteiger partial charge on any atom is -0.444 e. The lowest BCUT2D eigenvalue weighted by Gasteiger charge is -2.57. The zero-order chi connectivity index (χ0) is 13.8. The van der Waals surface area contributed by atoms with E-state index in [1.165, 1.54) is 0 Å². The predicted octanol–water partition coefficient (Wildman–Crippen LogP) is 1.95. The summed E-state index contributed by atoms with van der Waals surface area (Å²) in [5.41, 5.74) is -0.537. The van der Waals surface area contributed by atoms with Crippen LogP contribution in [0.5, 0.6) is 0 Å². The Balaban J connectivity index is 1.81. The molecule has 0 aromatic rings. The fraction of sp³-hybridized carbons (Fsp3) is 0.909. The molecular formula is C11H18ClNO4S. The summed E-state index contributed by atoms with van der Waals surface area (Å²) in [5, 5.41) is -0.444. The Morgan fingerprint density at radius 1 is 1.33 bits per heavy atom. The number of amides is 1. The van der Waals surface area contributed by atoms with Crippen LogP contribution in [0.1, 0.15) is 33.6 Å². The summed E-state index contributed by atoms with van der Waals surface area (Å²) < 4.78 is 27.4. The molecule has 5 nitrogen and oxygen atoms in total. The van der Waals surface area contributed by atoms with Crippen LogP contribution in [0.2, 0.25) is 0 Å². The Hall–Kier alpha value is -0.490. The highest BCUT2D eigenvalue weighted by molar-refractivity contribution is 8.14. The van der Waals surface area contributed by atoms with Gasteiger partial charge in [0.15, 0.2) is 0 Å². The summed E-state index contributed by atoms with van der Waals surface area (Å²) in [7, 11) is 1.85.